The molecule has 10 nitrogen and oxygen atoms in total. The molecule has 6 saturated carbocycles. The van der Waals surface area contributed by atoms with Gasteiger partial charge in [0, 0.05) is 12.8 Å². The van der Waals surface area contributed by atoms with E-state index in [-0.39, 0.29) is 12.3 Å². The fraction of sp³-hybridized carbons (Fsp3) is 0.792. The molecule has 0 aromatic carbocycles. The third-order valence-corrected chi connectivity index (χ3v) is 10.6. The van der Waals surface area contributed by atoms with Gasteiger partial charge < -0.3 is 14.0 Å². The van der Waals surface area contributed by atoms with Gasteiger partial charge in [0.2, 0.25) is 11.8 Å². The van der Waals surface area contributed by atoms with E-state index in [1.165, 1.54) is 4.90 Å². The van der Waals surface area contributed by atoms with E-state index in [1.807, 2.05) is 0 Å². The number of halogens is 2. The van der Waals surface area contributed by atoms with E-state index in [2.05, 4.69) is 4.74 Å². The van der Waals surface area contributed by atoms with Gasteiger partial charge in [0.15, 0.2) is 0 Å². The predicted octanol–water partition coefficient (Wildman–Crippen LogP) is 1.60. The molecule has 1 saturated heterocycles. The van der Waals surface area contributed by atoms with Crippen molar-refractivity contribution < 1.29 is 50.4 Å². The molecule has 2 amide bonds. The van der Waals surface area contributed by atoms with E-state index in [1.54, 1.807) is 0 Å². The van der Waals surface area contributed by atoms with Gasteiger partial charge in [0.05, 0.1) is 23.3 Å². The number of esters is 2. The van der Waals surface area contributed by atoms with Crippen molar-refractivity contribution in [2.24, 2.45) is 46.8 Å². The summed E-state index contributed by atoms with van der Waals surface area (Å²) in [5, 5.41) is -4.96. The molecule has 1 heterocycles. The molecule has 38 heavy (non-hydrogen) atoms. The SMILES string of the molecule is CC(=O)OC1C2CC3C(C(=O)N(C(=O)C45CC6CC(CC(C6)C4)C5)C31)C2C(=O)O[CH-]C(F)(F)S(=O)(=O)[O-].[Rf]. The quantitative estimate of drug-likeness (QED) is 0.169. The van der Waals surface area contributed by atoms with Crippen LogP contribution in [0.4, 0.5) is 8.78 Å². The van der Waals surface area contributed by atoms with Gasteiger partial charge in [0.1, 0.15) is 16.2 Å². The molecule has 0 aromatic rings. The number of likely N-dealkylation sites (tertiary alicyclic amines) is 1. The van der Waals surface area contributed by atoms with Crippen LogP contribution in [0.5, 0.6) is 0 Å². The summed E-state index contributed by atoms with van der Waals surface area (Å²) in [6, 6.07) is -0.747. The number of imide groups is 1. The molecule has 0 spiro atoms. The summed E-state index contributed by atoms with van der Waals surface area (Å²) in [5.41, 5.74) is -0.665. The molecule has 6 unspecified atom stereocenters. The third-order valence-electron chi connectivity index (χ3n) is 9.80. The van der Waals surface area contributed by atoms with Crippen LogP contribution < -0.4 is 0 Å². The molecule has 1 aliphatic heterocycles. The monoisotopic (exact) mass is 810 g/mol. The second-order valence-electron chi connectivity index (χ2n) is 12.0. The largest absolute Gasteiger partial charge is 0.746 e. The Hall–Kier alpha value is -3.15. The molecule has 206 valence electrons. The summed E-state index contributed by atoms with van der Waals surface area (Å²) in [4.78, 5) is 53.9. The number of fused-ring (bicyclic) bond motifs is 1. The summed E-state index contributed by atoms with van der Waals surface area (Å²) in [6.07, 6.45) is 4.58. The van der Waals surface area contributed by atoms with Crippen molar-refractivity contribution in [2.45, 2.75) is 69.3 Å². The Morgan fingerprint density at radius 1 is 1.05 bits per heavy atom. The van der Waals surface area contributed by atoms with Crippen LogP contribution >= 0.6 is 0 Å². The zero-order valence-corrected chi connectivity index (χ0v) is 27.9. The Morgan fingerprint density at radius 3 is 2.11 bits per heavy atom. The summed E-state index contributed by atoms with van der Waals surface area (Å²) < 4.78 is 69.4. The Morgan fingerprint density at radius 2 is 1.61 bits per heavy atom. The average Bonchev–Trinajstić information content (AvgIpc) is 3.38. The first-order chi connectivity index (χ1) is 17.2. The van der Waals surface area contributed by atoms with Crippen LogP contribution in [-0.4, -0.2) is 59.0 Å². The number of nitrogens with zero attached hydrogens (tertiary/aromatic N) is 1. The number of hydrogen-bond acceptors (Lipinski definition) is 9. The molecule has 6 bridgehead atoms. The Labute approximate surface area is 212 Å². The van der Waals surface area contributed by atoms with Crippen LogP contribution in [0, 0.1) is 53.4 Å². The molecule has 7 fully saturated rings. The number of hydrogen-bond donors (Lipinski definition) is 0. The number of carbonyl (C=O) groups excluding carboxylic acids is 4. The topological polar surface area (TPSA) is 147 Å². The summed E-state index contributed by atoms with van der Waals surface area (Å²) in [7, 11) is -6.13. The van der Waals surface area contributed by atoms with Crippen molar-refractivity contribution in [3.8, 4) is 0 Å². The minimum Gasteiger partial charge on any atom is -0.746 e. The molecule has 7 aliphatic rings. The molecule has 7 rings (SSSR count). The van der Waals surface area contributed by atoms with Gasteiger partial charge >= 0.3 is 5.97 Å². The summed E-state index contributed by atoms with van der Waals surface area (Å²) in [6.45, 7) is 0.520. The van der Waals surface area contributed by atoms with Crippen molar-refractivity contribution in [3.05, 3.63) is 6.61 Å². The first-order valence-electron chi connectivity index (χ1n) is 12.7. The molecular weight excluding hydrogens is 783 g/mol. The fourth-order valence-electron chi connectivity index (χ4n) is 9.11. The maximum atomic E-state index is 14.1. The normalized spacial score (nSPS) is 42.3. The second-order valence-corrected chi connectivity index (χ2v) is 13.4. The van der Waals surface area contributed by atoms with Gasteiger partial charge in [-0.25, -0.2) is 17.2 Å². The Bertz CT molecular complexity index is 1160. The zero-order chi connectivity index (χ0) is 26.7. The van der Waals surface area contributed by atoms with Crippen LogP contribution in [0.1, 0.15) is 51.9 Å². The second kappa shape index (κ2) is 8.17. The van der Waals surface area contributed by atoms with E-state index < -0.39 is 81.1 Å². The predicted molar refractivity (Wildman–Crippen MR) is 115 cm³/mol. The molecule has 14 heteroatoms. The zero-order valence-electron chi connectivity index (χ0n) is 20.7. The van der Waals surface area contributed by atoms with Crippen LogP contribution in [-0.2, 0) is 38.8 Å². The van der Waals surface area contributed by atoms with Crippen molar-refractivity contribution in [1.29, 1.82) is 0 Å². The van der Waals surface area contributed by atoms with E-state index in [9.17, 15) is 40.9 Å². The molecular formula is C24H27F2NO9RfS-2. The molecule has 6 aliphatic carbocycles. The van der Waals surface area contributed by atoms with Crippen LogP contribution in [0.3, 0.4) is 0 Å². The molecule has 0 aromatic heterocycles. The van der Waals surface area contributed by atoms with Crippen LogP contribution in [0.25, 0.3) is 0 Å². The number of ether oxygens (including phenoxy) is 2. The molecule has 0 N–H and O–H groups in total. The standard InChI is InChI=1S/C24H28F2NO9S.Rf/c1-10(28)36-19-15-5-14-16(17(15)21(30)35-9-24(25,26)37(32,33)34)20(29)27(18(14)19)22(31)23-6-11-2-12(7-23)4-13(3-11)8-23;/h9,11-19H,2-8H2,1H3,(H,32,33,34);/q-1;/p-1. The van der Waals surface area contributed by atoms with E-state index in [0.717, 1.165) is 26.2 Å². The van der Waals surface area contributed by atoms with E-state index in [4.69, 9.17) is 4.74 Å². The van der Waals surface area contributed by atoms with Crippen molar-refractivity contribution in [1.82, 2.24) is 4.90 Å². The van der Waals surface area contributed by atoms with Crippen LogP contribution in [0.15, 0.2) is 0 Å². The Kier molecular flexibility index (Phi) is 5.69. The maximum absolute atomic E-state index is 14.1. The van der Waals surface area contributed by atoms with Gasteiger partial charge in [-0.3, -0.25) is 24.1 Å². The van der Waals surface area contributed by atoms with E-state index >= 15 is 0 Å². The minimum atomic E-state index is -6.13. The van der Waals surface area contributed by atoms with Crippen molar-refractivity contribution in [2.75, 3.05) is 0 Å². The Balaban J connectivity index is 0.00000294. The van der Waals surface area contributed by atoms with Crippen LogP contribution in [0.2, 0.25) is 0 Å². The summed E-state index contributed by atoms with van der Waals surface area (Å²) in [5.74, 6) is -5.29. The fourth-order valence-corrected chi connectivity index (χ4v) is 9.27. The van der Waals surface area contributed by atoms with E-state index in [0.29, 0.717) is 37.0 Å². The smallest absolute Gasteiger partial charge is 0.302 e. The maximum Gasteiger partial charge on any atom is 0.302 e. The number of amides is 2. The van der Waals surface area contributed by atoms with Gasteiger partial charge in [-0.05, 0) is 68.6 Å². The number of rotatable bonds is 6. The molecule has 0 radical (unpaired) electrons. The minimum absolute atomic E-state index is 0. The number of carbonyl (C=O) groups is 4. The third kappa shape index (κ3) is 3.55. The van der Waals surface area contributed by atoms with Crippen molar-refractivity contribution in [3.63, 3.8) is 0 Å². The first kappa shape index (κ1) is 26.5. The van der Waals surface area contributed by atoms with Gasteiger partial charge in [-0.15, -0.1) is 0 Å². The summed E-state index contributed by atoms with van der Waals surface area (Å²) >= 11 is 0. The van der Waals surface area contributed by atoms with Crippen molar-refractivity contribution >= 4 is 33.9 Å². The van der Waals surface area contributed by atoms with Gasteiger partial charge in [-0.1, -0.05) is 6.61 Å². The van der Waals surface area contributed by atoms with Gasteiger partial charge in [0.25, 0.3) is 11.2 Å². The first-order valence-corrected chi connectivity index (χ1v) is 14.1. The number of alkyl halides is 2. The van der Waals surface area contributed by atoms with Gasteiger partial charge in [-0.2, -0.15) is 0 Å². The molecule has 6 atom stereocenters. The average molecular weight is 811 g/mol.